The zero-order chi connectivity index (χ0) is 16.4. The van der Waals surface area contributed by atoms with Crippen LogP contribution in [0.15, 0.2) is 30.6 Å². The quantitative estimate of drug-likeness (QED) is 0.773. The molecule has 0 aliphatic rings. The van der Waals surface area contributed by atoms with Gasteiger partial charge in [-0.2, -0.15) is 5.10 Å². The summed E-state index contributed by atoms with van der Waals surface area (Å²) in [5.41, 5.74) is 1.62. The van der Waals surface area contributed by atoms with Crippen molar-refractivity contribution in [2.45, 2.75) is 13.0 Å². The average molecular weight is 335 g/mol. The van der Waals surface area contributed by atoms with E-state index >= 15 is 0 Å². The molecule has 0 bridgehead atoms. The molecule has 2 heterocycles. The van der Waals surface area contributed by atoms with Crippen molar-refractivity contribution in [3.05, 3.63) is 46.7 Å². The first-order valence-electron chi connectivity index (χ1n) is 6.64. The minimum absolute atomic E-state index is 0.213. The number of alkyl halides is 2. The van der Waals surface area contributed by atoms with Crippen molar-refractivity contribution in [2.24, 2.45) is 0 Å². The molecule has 0 unspecified atom stereocenters. The fraction of sp³-hybridized carbons (Fsp3) is 0.133. The predicted octanol–water partition coefficient (Wildman–Crippen LogP) is 3.63. The zero-order valence-electron chi connectivity index (χ0n) is 11.7. The van der Waals surface area contributed by atoms with E-state index in [2.05, 4.69) is 10.1 Å². The molecule has 3 aromatic rings. The number of carbonyl (C=O) groups is 1. The number of thiazole rings is 1. The molecule has 2 aromatic heterocycles. The van der Waals surface area contributed by atoms with Crippen LogP contribution in [0.4, 0.5) is 8.78 Å². The Morgan fingerprint density at radius 3 is 2.96 bits per heavy atom. The first kappa shape index (κ1) is 15.3. The van der Waals surface area contributed by atoms with E-state index in [-0.39, 0.29) is 5.56 Å². The Bertz CT molecular complexity index is 886. The number of hydrogen-bond acceptors (Lipinski definition) is 4. The van der Waals surface area contributed by atoms with Crippen LogP contribution < -0.4 is 0 Å². The second-order valence-electron chi connectivity index (χ2n) is 4.76. The summed E-state index contributed by atoms with van der Waals surface area (Å²) < 4.78 is 26.5. The van der Waals surface area contributed by atoms with Gasteiger partial charge in [-0.3, -0.25) is 4.68 Å². The third-order valence-electron chi connectivity index (χ3n) is 3.05. The highest BCUT2D eigenvalue weighted by Crippen LogP contribution is 2.24. The predicted molar refractivity (Wildman–Crippen MR) is 83.7 cm³/mol. The van der Waals surface area contributed by atoms with Gasteiger partial charge in [0.1, 0.15) is 11.6 Å². The molecule has 0 aliphatic carbocycles. The number of fused-ring (bicyclic) bond motifs is 1. The number of carboxylic acid groups (broad SMARTS) is 1. The molecular formula is C15H11F2N3O2S. The van der Waals surface area contributed by atoms with Crippen LogP contribution in [-0.2, 0) is 6.54 Å². The van der Waals surface area contributed by atoms with Crippen molar-refractivity contribution in [2.75, 3.05) is 0 Å². The van der Waals surface area contributed by atoms with Crippen molar-refractivity contribution in [1.29, 1.82) is 0 Å². The summed E-state index contributed by atoms with van der Waals surface area (Å²) in [6, 6.07) is 4.74. The molecule has 0 spiro atoms. The summed E-state index contributed by atoms with van der Waals surface area (Å²) in [6.07, 6.45) is 4.05. The fourth-order valence-electron chi connectivity index (χ4n) is 2.02. The van der Waals surface area contributed by atoms with Crippen LogP contribution >= 0.6 is 11.3 Å². The molecule has 0 radical (unpaired) electrons. The van der Waals surface area contributed by atoms with Crippen LogP contribution in [0.1, 0.15) is 20.9 Å². The van der Waals surface area contributed by atoms with Crippen LogP contribution in [-0.4, -0.2) is 32.3 Å². The summed E-state index contributed by atoms with van der Waals surface area (Å²) in [6.45, 7) is -0.438. The number of aromatic nitrogens is 3. The molecule has 0 saturated carbocycles. The van der Waals surface area contributed by atoms with E-state index in [9.17, 15) is 13.6 Å². The number of nitrogens with zero attached hydrogens (tertiary/aromatic N) is 3. The van der Waals surface area contributed by atoms with Gasteiger partial charge in [0.15, 0.2) is 0 Å². The molecule has 5 nitrogen and oxygen atoms in total. The Balaban J connectivity index is 1.80. The van der Waals surface area contributed by atoms with Crippen LogP contribution in [0.25, 0.3) is 22.4 Å². The topological polar surface area (TPSA) is 68.0 Å². The van der Waals surface area contributed by atoms with Gasteiger partial charge in [-0.15, -0.1) is 11.3 Å². The van der Waals surface area contributed by atoms with Gasteiger partial charge in [-0.05, 0) is 30.4 Å². The van der Waals surface area contributed by atoms with Gasteiger partial charge in [0.2, 0.25) is 0 Å². The lowest BCUT2D eigenvalue weighted by Gasteiger charge is -1.97. The lowest BCUT2D eigenvalue weighted by Crippen LogP contribution is -2.06. The SMILES string of the molecule is O=C(O)c1ccc2nc(/C=C/c3cnn(CC(F)F)c3)sc2c1. The molecular weight excluding hydrogens is 324 g/mol. The monoisotopic (exact) mass is 335 g/mol. The molecule has 23 heavy (non-hydrogen) atoms. The van der Waals surface area contributed by atoms with E-state index in [1.165, 1.54) is 34.5 Å². The van der Waals surface area contributed by atoms with E-state index in [0.717, 1.165) is 4.70 Å². The zero-order valence-corrected chi connectivity index (χ0v) is 12.5. The average Bonchev–Trinajstić information content (AvgIpc) is 3.09. The standard InChI is InChI=1S/C15H11F2N3O2S/c16-13(17)8-20-7-9(6-18-20)1-4-14-19-11-3-2-10(15(21)22)5-12(11)23-14/h1-7,13H,8H2,(H,21,22)/b4-1+. The number of rotatable bonds is 5. The number of hydrogen-bond donors (Lipinski definition) is 1. The van der Waals surface area contributed by atoms with Gasteiger partial charge in [-0.25, -0.2) is 18.6 Å². The van der Waals surface area contributed by atoms with Crippen molar-refractivity contribution in [3.8, 4) is 0 Å². The normalized spacial score (nSPS) is 11.8. The molecule has 0 fully saturated rings. The van der Waals surface area contributed by atoms with E-state index in [1.54, 1.807) is 24.3 Å². The van der Waals surface area contributed by atoms with E-state index in [1.807, 2.05) is 0 Å². The Kier molecular flexibility index (Phi) is 4.16. The van der Waals surface area contributed by atoms with Crippen LogP contribution in [0.5, 0.6) is 0 Å². The summed E-state index contributed by atoms with van der Waals surface area (Å²) in [5.74, 6) is -0.983. The second kappa shape index (κ2) is 6.25. The van der Waals surface area contributed by atoms with Gasteiger partial charge in [0.25, 0.3) is 6.43 Å². The number of aromatic carboxylic acids is 1. The Hall–Kier alpha value is -2.61. The van der Waals surface area contributed by atoms with E-state index in [4.69, 9.17) is 5.11 Å². The van der Waals surface area contributed by atoms with E-state index < -0.39 is 18.9 Å². The minimum atomic E-state index is -2.44. The molecule has 1 aromatic carbocycles. The minimum Gasteiger partial charge on any atom is -0.478 e. The number of halogens is 2. The van der Waals surface area contributed by atoms with Crippen LogP contribution in [0.3, 0.4) is 0 Å². The number of benzene rings is 1. The van der Waals surface area contributed by atoms with Gasteiger partial charge in [0.05, 0.1) is 22.0 Å². The lowest BCUT2D eigenvalue weighted by molar-refractivity contribution is 0.0697. The second-order valence-corrected chi connectivity index (χ2v) is 5.82. The smallest absolute Gasteiger partial charge is 0.335 e. The first-order valence-corrected chi connectivity index (χ1v) is 7.45. The van der Waals surface area contributed by atoms with Gasteiger partial charge < -0.3 is 5.11 Å². The van der Waals surface area contributed by atoms with Crippen LogP contribution in [0.2, 0.25) is 0 Å². The molecule has 0 saturated heterocycles. The third-order valence-corrected chi connectivity index (χ3v) is 4.03. The summed E-state index contributed by atoms with van der Waals surface area (Å²) in [4.78, 5) is 15.3. The largest absolute Gasteiger partial charge is 0.478 e. The first-order chi connectivity index (χ1) is 11.0. The van der Waals surface area contributed by atoms with Gasteiger partial charge >= 0.3 is 5.97 Å². The summed E-state index contributed by atoms with van der Waals surface area (Å²) >= 11 is 1.36. The Morgan fingerprint density at radius 2 is 2.22 bits per heavy atom. The maximum absolute atomic E-state index is 12.3. The van der Waals surface area contributed by atoms with Crippen molar-refractivity contribution in [3.63, 3.8) is 0 Å². The van der Waals surface area contributed by atoms with Crippen molar-refractivity contribution >= 4 is 39.7 Å². The molecule has 0 atom stereocenters. The maximum atomic E-state index is 12.3. The fourth-order valence-corrected chi connectivity index (χ4v) is 2.93. The van der Waals surface area contributed by atoms with Gasteiger partial charge in [-0.1, -0.05) is 0 Å². The lowest BCUT2D eigenvalue weighted by atomic mass is 10.2. The highest BCUT2D eigenvalue weighted by molar-refractivity contribution is 7.19. The molecule has 0 aliphatic heterocycles. The molecule has 1 N–H and O–H groups in total. The van der Waals surface area contributed by atoms with Crippen molar-refractivity contribution in [1.82, 2.24) is 14.8 Å². The Labute approximate surface area is 133 Å². The maximum Gasteiger partial charge on any atom is 0.335 e. The highest BCUT2D eigenvalue weighted by atomic mass is 32.1. The molecule has 8 heteroatoms. The molecule has 0 amide bonds. The highest BCUT2D eigenvalue weighted by Gasteiger charge is 2.07. The van der Waals surface area contributed by atoms with Gasteiger partial charge in [0, 0.05) is 11.8 Å². The Morgan fingerprint density at radius 1 is 1.39 bits per heavy atom. The summed E-state index contributed by atoms with van der Waals surface area (Å²) in [5, 5.41) is 13.5. The molecule has 118 valence electrons. The van der Waals surface area contributed by atoms with Crippen LogP contribution in [0, 0.1) is 0 Å². The third kappa shape index (κ3) is 3.59. The molecule has 3 rings (SSSR count). The summed E-state index contributed by atoms with van der Waals surface area (Å²) in [7, 11) is 0. The van der Waals surface area contributed by atoms with Crippen molar-refractivity contribution < 1.29 is 18.7 Å². The van der Waals surface area contributed by atoms with E-state index in [0.29, 0.717) is 16.1 Å². The number of carboxylic acids is 1.